The number of halogens is 1. The van der Waals surface area contributed by atoms with Crippen LogP contribution in [0, 0.1) is 5.41 Å². The topological polar surface area (TPSA) is 79.0 Å². The standard InChI is InChI=1S/C13H8ClN3O2S/c14-8-1-2-10-7(5-8)6-9(11(15)19-10)12(18)17-13-16-3-4-20-13/h1-6,15H,(H,16,17,18). The summed E-state index contributed by atoms with van der Waals surface area (Å²) >= 11 is 7.21. The highest BCUT2D eigenvalue weighted by molar-refractivity contribution is 7.13. The van der Waals surface area contributed by atoms with Gasteiger partial charge in [-0.15, -0.1) is 11.3 Å². The summed E-state index contributed by atoms with van der Waals surface area (Å²) in [4.78, 5) is 16.1. The van der Waals surface area contributed by atoms with Crippen LogP contribution in [0.4, 0.5) is 5.13 Å². The number of fused-ring (bicyclic) bond motifs is 1. The minimum atomic E-state index is -0.435. The van der Waals surface area contributed by atoms with E-state index in [2.05, 4.69) is 10.3 Å². The number of hydrogen-bond donors (Lipinski definition) is 2. The molecule has 5 nitrogen and oxygen atoms in total. The van der Waals surface area contributed by atoms with Gasteiger partial charge in [0.05, 0.1) is 0 Å². The summed E-state index contributed by atoms with van der Waals surface area (Å²) in [7, 11) is 0. The normalized spacial score (nSPS) is 10.7. The van der Waals surface area contributed by atoms with Crippen molar-refractivity contribution in [2.45, 2.75) is 0 Å². The lowest BCUT2D eigenvalue weighted by molar-refractivity contribution is 0.102. The van der Waals surface area contributed by atoms with Gasteiger partial charge in [-0.05, 0) is 24.3 Å². The molecule has 0 aliphatic heterocycles. The SMILES string of the molecule is N=c1oc2ccc(Cl)cc2cc1C(=O)Nc1nccs1. The van der Waals surface area contributed by atoms with Gasteiger partial charge in [0.15, 0.2) is 5.13 Å². The van der Waals surface area contributed by atoms with Crippen molar-refractivity contribution in [2.24, 2.45) is 0 Å². The summed E-state index contributed by atoms with van der Waals surface area (Å²) in [5.74, 6) is -0.435. The minimum Gasteiger partial charge on any atom is -0.438 e. The van der Waals surface area contributed by atoms with E-state index in [9.17, 15) is 4.79 Å². The zero-order valence-electron chi connectivity index (χ0n) is 10.0. The lowest BCUT2D eigenvalue weighted by Gasteiger charge is -2.04. The van der Waals surface area contributed by atoms with Crippen LogP contribution in [-0.4, -0.2) is 10.9 Å². The second kappa shape index (κ2) is 5.07. The van der Waals surface area contributed by atoms with Crippen molar-refractivity contribution >= 4 is 44.9 Å². The predicted molar refractivity (Wildman–Crippen MR) is 77.1 cm³/mol. The van der Waals surface area contributed by atoms with E-state index < -0.39 is 5.91 Å². The number of anilines is 1. The van der Waals surface area contributed by atoms with Crippen LogP contribution < -0.4 is 10.9 Å². The van der Waals surface area contributed by atoms with E-state index in [1.807, 2.05) is 0 Å². The van der Waals surface area contributed by atoms with Gasteiger partial charge in [0.25, 0.3) is 5.91 Å². The van der Waals surface area contributed by atoms with E-state index in [0.29, 0.717) is 21.1 Å². The molecule has 1 amide bonds. The van der Waals surface area contributed by atoms with Crippen molar-refractivity contribution in [3.05, 3.63) is 52.0 Å². The molecular weight excluding hydrogens is 298 g/mol. The summed E-state index contributed by atoms with van der Waals surface area (Å²) in [5, 5.41) is 13.8. The van der Waals surface area contributed by atoms with Crippen LogP contribution in [0.3, 0.4) is 0 Å². The monoisotopic (exact) mass is 305 g/mol. The van der Waals surface area contributed by atoms with E-state index in [0.717, 1.165) is 0 Å². The van der Waals surface area contributed by atoms with Gasteiger partial charge in [-0.25, -0.2) is 4.98 Å². The Hall–Kier alpha value is -2.18. The highest BCUT2D eigenvalue weighted by Gasteiger charge is 2.13. The van der Waals surface area contributed by atoms with Crippen molar-refractivity contribution in [1.82, 2.24) is 4.98 Å². The van der Waals surface area contributed by atoms with E-state index in [-0.39, 0.29) is 11.1 Å². The Labute approximate surface area is 122 Å². The van der Waals surface area contributed by atoms with Crippen LogP contribution >= 0.6 is 22.9 Å². The van der Waals surface area contributed by atoms with E-state index in [4.69, 9.17) is 21.4 Å². The number of hydrogen-bond acceptors (Lipinski definition) is 5. The average Bonchev–Trinajstić information content (AvgIpc) is 2.91. The molecule has 0 saturated carbocycles. The maximum absolute atomic E-state index is 12.1. The molecule has 3 aromatic rings. The Bertz CT molecular complexity index is 842. The maximum atomic E-state index is 12.1. The van der Waals surface area contributed by atoms with Gasteiger partial charge in [-0.3, -0.25) is 15.5 Å². The summed E-state index contributed by atoms with van der Waals surface area (Å²) < 4.78 is 5.32. The summed E-state index contributed by atoms with van der Waals surface area (Å²) in [6.07, 6.45) is 1.59. The second-order valence-electron chi connectivity index (χ2n) is 3.96. The molecule has 20 heavy (non-hydrogen) atoms. The first-order valence-corrected chi connectivity index (χ1v) is 6.88. The van der Waals surface area contributed by atoms with E-state index in [1.165, 1.54) is 11.3 Å². The summed E-state index contributed by atoms with van der Waals surface area (Å²) in [6.45, 7) is 0. The molecule has 3 rings (SSSR count). The minimum absolute atomic E-state index is 0.134. The smallest absolute Gasteiger partial charge is 0.262 e. The third-order valence-electron chi connectivity index (χ3n) is 2.63. The molecule has 0 aliphatic rings. The van der Waals surface area contributed by atoms with Gasteiger partial charge >= 0.3 is 0 Å². The second-order valence-corrected chi connectivity index (χ2v) is 5.29. The molecule has 0 unspecified atom stereocenters. The van der Waals surface area contributed by atoms with Crippen molar-refractivity contribution in [2.75, 3.05) is 5.32 Å². The zero-order chi connectivity index (χ0) is 14.1. The third-order valence-corrected chi connectivity index (χ3v) is 3.55. The van der Waals surface area contributed by atoms with Crippen molar-refractivity contribution in [1.29, 1.82) is 5.41 Å². The fourth-order valence-corrected chi connectivity index (χ4v) is 2.43. The Morgan fingerprint density at radius 1 is 1.40 bits per heavy atom. The van der Waals surface area contributed by atoms with Crippen molar-refractivity contribution < 1.29 is 9.21 Å². The Kier molecular flexibility index (Phi) is 3.25. The molecule has 0 fully saturated rings. The first kappa shape index (κ1) is 12.8. The number of aromatic nitrogens is 1. The number of amides is 1. The van der Waals surface area contributed by atoms with Gasteiger partial charge in [0.2, 0.25) is 5.55 Å². The Morgan fingerprint density at radius 2 is 2.25 bits per heavy atom. The first-order chi connectivity index (χ1) is 9.63. The Balaban J connectivity index is 2.04. The molecular formula is C13H8ClN3O2S. The molecule has 2 N–H and O–H groups in total. The van der Waals surface area contributed by atoms with Crippen LogP contribution in [0.25, 0.3) is 11.0 Å². The number of nitrogens with one attached hydrogen (secondary N) is 2. The molecule has 100 valence electrons. The van der Waals surface area contributed by atoms with E-state index in [1.54, 1.807) is 35.8 Å². The lowest BCUT2D eigenvalue weighted by Crippen LogP contribution is -2.20. The summed E-state index contributed by atoms with van der Waals surface area (Å²) in [6, 6.07) is 6.59. The summed E-state index contributed by atoms with van der Waals surface area (Å²) in [5.41, 5.74) is 0.439. The fourth-order valence-electron chi connectivity index (χ4n) is 1.73. The number of nitrogens with zero attached hydrogens (tertiary/aromatic N) is 1. The molecule has 0 radical (unpaired) electrons. The third kappa shape index (κ3) is 2.43. The van der Waals surface area contributed by atoms with Crippen molar-refractivity contribution in [3.63, 3.8) is 0 Å². The molecule has 2 heterocycles. The number of thiazole rings is 1. The zero-order valence-corrected chi connectivity index (χ0v) is 11.6. The van der Waals surface area contributed by atoms with Crippen LogP contribution in [-0.2, 0) is 0 Å². The number of rotatable bonds is 2. The molecule has 0 bridgehead atoms. The quantitative estimate of drug-likeness (QED) is 0.762. The molecule has 0 saturated heterocycles. The first-order valence-electron chi connectivity index (χ1n) is 5.62. The average molecular weight is 306 g/mol. The number of benzene rings is 1. The molecule has 0 spiro atoms. The molecule has 7 heteroatoms. The highest BCUT2D eigenvalue weighted by Crippen LogP contribution is 2.19. The van der Waals surface area contributed by atoms with Gasteiger partial charge in [0.1, 0.15) is 11.1 Å². The Morgan fingerprint density at radius 3 is 3.00 bits per heavy atom. The van der Waals surface area contributed by atoms with Crippen molar-refractivity contribution in [3.8, 4) is 0 Å². The van der Waals surface area contributed by atoms with Gasteiger partial charge in [-0.1, -0.05) is 11.6 Å². The molecule has 0 atom stereocenters. The maximum Gasteiger partial charge on any atom is 0.262 e. The molecule has 0 aliphatic carbocycles. The molecule has 2 aromatic heterocycles. The van der Waals surface area contributed by atoms with Crippen LogP contribution in [0.15, 0.2) is 40.3 Å². The van der Waals surface area contributed by atoms with Crippen LogP contribution in [0.5, 0.6) is 0 Å². The van der Waals surface area contributed by atoms with Gasteiger partial charge < -0.3 is 4.42 Å². The number of carbonyl (C=O) groups excluding carboxylic acids is 1. The largest absolute Gasteiger partial charge is 0.438 e. The van der Waals surface area contributed by atoms with Crippen LogP contribution in [0.1, 0.15) is 10.4 Å². The lowest BCUT2D eigenvalue weighted by atomic mass is 10.2. The highest BCUT2D eigenvalue weighted by atomic mass is 35.5. The van der Waals surface area contributed by atoms with Gasteiger partial charge in [-0.2, -0.15) is 0 Å². The molecule has 1 aromatic carbocycles. The number of carbonyl (C=O) groups is 1. The van der Waals surface area contributed by atoms with Gasteiger partial charge in [0, 0.05) is 22.0 Å². The van der Waals surface area contributed by atoms with Crippen LogP contribution in [0.2, 0.25) is 5.02 Å². The fraction of sp³-hybridized carbons (Fsp3) is 0. The predicted octanol–water partition coefficient (Wildman–Crippen LogP) is 3.27. The van der Waals surface area contributed by atoms with E-state index >= 15 is 0 Å².